The summed E-state index contributed by atoms with van der Waals surface area (Å²) >= 11 is 6.01. The fourth-order valence-electron chi connectivity index (χ4n) is 2.33. The van der Waals surface area contributed by atoms with Gasteiger partial charge in [0.2, 0.25) is 0 Å². The zero-order chi connectivity index (χ0) is 21.4. The maximum absolute atomic E-state index is 12.3. The van der Waals surface area contributed by atoms with Crippen molar-refractivity contribution in [3.8, 4) is 0 Å². The van der Waals surface area contributed by atoms with Gasteiger partial charge in [-0.1, -0.05) is 35.9 Å². The summed E-state index contributed by atoms with van der Waals surface area (Å²) in [6, 6.07) is 13.2. The molecule has 0 bridgehead atoms. The molecule has 0 unspecified atom stereocenters. The van der Waals surface area contributed by atoms with Crippen LogP contribution in [0.2, 0.25) is 5.02 Å². The Balaban J connectivity index is 1.87. The van der Waals surface area contributed by atoms with Crippen LogP contribution in [0.1, 0.15) is 36.7 Å². The Morgan fingerprint density at radius 1 is 1.00 bits per heavy atom. The van der Waals surface area contributed by atoms with Crippen molar-refractivity contribution < 1.29 is 19.1 Å². The topological polar surface area (TPSA) is 96.5 Å². The van der Waals surface area contributed by atoms with Crippen LogP contribution < -0.4 is 16.0 Å². The van der Waals surface area contributed by atoms with E-state index < -0.39 is 18.0 Å². The highest BCUT2D eigenvalue weighted by Crippen LogP contribution is 2.20. The van der Waals surface area contributed by atoms with E-state index in [2.05, 4.69) is 16.0 Å². The first-order chi connectivity index (χ1) is 13.8. The number of halogens is 1. The lowest BCUT2D eigenvalue weighted by Gasteiger charge is -2.14. The maximum atomic E-state index is 12.3. The Bertz CT molecular complexity index is 868. The van der Waals surface area contributed by atoms with Crippen molar-refractivity contribution in [1.82, 2.24) is 10.6 Å². The third kappa shape index (κ3) is 7.12. The van der Waals surface area contributed by atoms with Gasteiger partial charge in [0.25, 0.3) is 5.91 Å². The number of rotatable bonds is 7. The molecule has 2 aromatic carbocycles. The Morgan fingerprint density at radius 3 is 2.28 bits per heavy atom. The van der Waals surface area contributed by atoms with Crippen molar-refractivity contribution in [2.45, 2.75) is 39.5 Å². The molecule has 3 N–H and O–H groups in total. The van der Waals surface area contributed by atoms with Crippen LogP contribution in [0.3, 0.4) is 0 Å². The van der Waals surface area contributed by atoms with Gasteiger partial charge in [-0.2, -0.15) is 0 Å². The summed E-state index contributed by atoms with van der Waals surface area (Å²) in [5.41, 5.74) is 1.57. The molecule has 0 aliphatic rings. The maximum Gasteiger partial charge on any atom is 0.338 e. The molecule has 0 fully saturated rings. The van der Waals surface area contributed by atoms with Gasteiger partial charge in [-0.05, 0) is 50.6 Å². The number of hydrogen-bond acceptors (Lipinski definition) is 4. The minimum atomic E-state index is -1.00. The summed E-state index contributed by atoms with van der Waals surface area (Å²) in [6.07, 6.45) is -1.00. The molecular formula is C21H24ClN3O4. The largest absolute Gasteiger partial charge is 0.449 e. The van der Waals surface area contributed by atoms with Gasteiger partial charge in [-0.25, -0.2) is 9.59 Å². The van der Waals surface area contributed by atoms with E-state index in [1.165, 1.54) is 6.92 Å². The van der Waals surface area contributed by atoms with Gasteiger partial charge in [-0.3, -0.25) is 4.79 Å². The van der Waals surface area contributed by atoms with Crippen molar-refractivity contribution in [3.63, 3.8) is 0 Å². The number of carbonyl (C=O) groups is 3. The number of ether oxygens (including phenoxy) is 1. The first-order valence-corrected chi connectivity index (χ1v) is 9.53. The van der Waals surface area contributed by atoms with Crippen LogP contribution in [0.15, 0.2) is 48.5 Å². The highest BCUT2D eigenvalue weighted by molar-refractivity contribution is 6.33. The van der Waals surface area contributed by atoms with Crippen LogP contribution >= 0.6 is 11.6 Å². The Morgan fingerprint density at radius 2 is 1.66 bits per heavy atom. The number of benzene rings is 2. The predicted octanol–water partition coefficient (Wildman–Crippen LogP) is 3.73. The molecule has 0 aromatic heterocycles. The molecule has 0 aliphatic heterocycles. The van der Waals surface area contributed by atoms with Gasteiger partial charge >= 0.3 is 12.0 Å². The van der Waals surface area contributed by atoms with E-state index in [-0.39, 0.29) is 12.1 Å². The third-order valence-electron chi connectivity index (χ3n) is 3.85. The molecule has 7 nitrogen and oxygen atoms in total. The summed E-state index contributed by atoms with van der Waals surface area (Å²) in [6.45, 7) is 5.55. The van der Waals surface area contributed by atoms with Gasteiger partial charge in [0.1, 0.15) is 0 Å². The van der Waals surface area contributed by atoms with Crippen LogP contribution in [0.4, 0.5) is 10.5 Å². The van der Waals surface area contributed by atoms with Gasteiger partial charge in [-0.15, -0.1) is 0 Å². The number of hydrogen-bond donors (Lipinski definition) is 3. The molecule has 0 radical (unpaired) electrons. The monoisotopic (exact) mass is 417 g/mol. The quantitative estimate of drug-likeness (QED) is 0.598. The summed E-state index contributed by atoms with van der Waals surface area (Å²) in [5, 5.41) is 8.47. The molecule has 29 heavy (non-hydrogen) atoms. The molecule has 0 saturated heterocycles. The predicted molar refractivity (Wildman–Crippen MR) is 112 cm³/mol. The third-order valence-corrected chi connectivity index (χ3v) is 4.18. The first-order valence-electron chi connectivity index (χ1n) is 9.16. The minimum Gasteiger partial charge on any atom is -0.449 e. The van der Waals surface area contributed by atoms with Crippen molar-refractivity contribution in [3.05, 3.63) is 64.7 Å². The Labute approximate surface area is 174 Å². The normalized spacial score (nSPS) is 11.5. The second kappa shape index (κ2) is 10.5. The van der Waals surface area contributed by atoms with Gasteiger partial charge in [0.15, 0.2) is 6.10 Å². The lowest BCUT2D eigenvalue weighted by Crippen LogP contribution is -2.39. The standard InChI is InChI=1S/C21H24ClN3O4/c1-13(2)24-21(28)23-12-15-8-10-16(11-9-15)20(27)29-14(3)19(26)25-18-7-5-4-6-17(18)22/h4-11,13-14H,12H2,1-3H3,(H,25,26)(H2,23,24,28)/t14-/m1/s1. The SMILES string of the molecule is CC(C)NC(=O)NCc1ccc(C(=O)O[C@H](C)C(=O)Nc2ccccc2Cl)cc1. The van der Waals surface area contributed by atoms with E-state index in [1.807, 2.05) is 13.8 Å². The van der Waals surface area contributed by atoms with E-state index in [9.17, 15) is 14.4 Å². The molecule has 0 aliphatic carbocycles. The molecule has 0 spiro atoms. The number of carbonyl (C=O) groups excluding carboxylic acids is 3. The molecule has 8 heteroatoms. The van der Waals surface area contributed by atoms with Gasteiger partial charge < -0.3 is 20.7 Å². The summed E-state index contributed by atoms with van der Waals surface area (Å²) in [4.78, 5) is 36.1. The number of amides is 3. The van der Waals surface area contributed by atoms with Crippen molar-refractivity contribution in [2.24, 2.45) is 0 Å². The number of esters is 1. The lowest BCUT2D eigenvalue weighted by molar-refractivity contribution is -0.123. The zero-order valence-corrected chi connectivity index (χ0v) is 17.2. The highest BCUT2D eigenvalue weighted by atomic mass is 35.5. The second-order valence-electron chi connectivity index (χ2n) is 6.70. The Kier molecular flexibility index (Phi) is 8.03. The molecule has 3 amide bonds. The van der Waals surface area contributed by atoms with E-state index >= 15 is 0 Å². The fraction of sp³-hybridized carbons (Fsp3) is 0.286. The zero-order valence-electron chi connectivity index (χ0n) is 16.5. The lowest BCUT2D eigenvalue weighted by atomic mass is 10.1. The van der Waals surface area contributed by atoms with Crippen LogP contribution in [-0.4, -0.2) is 30.1 Å². The summed E-state index contributed by atoms with van der Waals surface area (Å²) in [5.74, 6) is -1.10. The average Bonchev–Trinajstić information content (AvgIpc) is 2.68. The molecule has 0 saturated carbocycles. The van der Waals surface area contributed by atoms with E-state index in [4.69, 9.17) is 16.3 Å². The first kappa shape index (κ1) is 22.2. The fourth-order valence-corrected chi connectivity index (χ4v) is 2.52. The second-order valence-corrected chi connectivity index (χ2v) is 7.10. The number of urea groups is 1. The average molecular weight is 418 g/mol. The van der Waals surface area contributed by atoms with E-state index in [0.29, 0.717) is 22.8 Å². The van der Waals surface area contributed by atoms with Crippen LogP contribution in [0.25, 0.3) is 0 Å². The number of para-hydroxylation sites is 1. The molecule has 0 heterocycles. The molecule has 1 atom stereocenters. The highest BCUT2D eigenvalue weighted by Gasteiger charge is 2.19. The van der Waals surface area contributed by atoms with Gasteiger partial charge in [0, 0.05) is 12.6 Å². The molecule has 2 rings (SSSR count). The number of anilines is 1. The molecular weight excluding hydrogens is 394 g/mol. The summed E-state index contributed by atoms with van der Waals surface area (Å²) < 4.78 is 5.22. The number of nitrogens with one attached hydrogen (secondary N) is 3. The Hall–Kier alpha value is -3.06. The van der Waals surface area contributed by atoms with E-state index in [0.717, 1.165) is 5.56 Å². The molecule has 154 valence electrons. The molecule has 2 aromatic rings. The van der Waals surface area contributed by atoms with Crippen molar-refractivity contribution >= 4 is 35.2 Å². The van der Waals surface area contributed by atoms with Crippen LogP contribution in [-0.2, 0) is 16.1 Å². The van der Waals surface area contributed by atoms with Crippen LogP contribution in [0.5, 0.6) is 0 Å². The van der Waals surface area contributed by atoms with Crippen molar-refractivity contribution in [2.75, 3.05) is 5.32 Å². The van der Waals surface area contributed by atoms with Crippen molar-refractivity contribution in [1.29, 1.82) is 0 Å². The smallest absolute Gasteiger partial charge is 0.338 e. The summed E-state index contributed by atoms with van der Waals surface area (Å²) in [7, 11) is 0. The van der Waals surface area contributed by atoms with E-state index in [1.54, 1.807) is 48.5 Å². The van der Waals surface area contributed by atoms with Gasteiger partial charge in [0.05, 0.1) is 16.3 Å². The van der Waals surface area contributed by atoms with Crippen LogP contribution in [0, 0.1) is 0 Å². The minimum absolute atomic E-state index is 0.0456.